The summed E-state index contributed by atoms with van der Waals surface area (Å²) in [5, 5.41) is 7.83. The van der Waals surface area contributed by atoms with Gasteiger partial charge in [-0.3, -0.25) is 0 Å². The van der Waals surface area contributed by atoms with E-state index in [0.717, 1.165) is 31.6 Å². The van der Waals surface area contributed by atoms with Gasteiger partial charge in [-0.1, -0.05) is 11.6 Å². The zero-order chi connectivity index (χ0) is 22.2. The first-order chi connectivity index (χ1) is 16.2. The van der Waals surface area contributed by atoms with Crippen LogP contribution in [0, 0.1) is 0 Å². The van der Waals surface area contributed by atoms with E-state index >= 15 is 0 Å². The third kappa shape index (κ3) is 3.85. The van der Waals surface area contributed by atoms with E-state index in [1.807, 2.05) is 6.07 Å². The molecule has 1 fully saturated rings. The number of halogens is 1. The van der Waals surface area contributed by atoms with Crippen LogP contribution in [0.15, 0.2) is 55.4 Å². The molecular weight excluding hydrogens is 442 g/mol. The molecule has 0 aliphatic carbocycles. The predicted octanol–water partition coefficient (Wildman–Crippen LogP) is 4.25. The molecule has 164 valence electrons. The second-order valence-corrected chi connectivity index (χ2v) is 8.02. The molecule has 0 bridgehead atoms. The summed E-state index contributed by atoms with van der Waals surface area (Å²) in [6.07, 6.45) is 8.79. The van der Waals surface area contributed by atoms with Crippen molar-refractivity contribution in [2.24, 2.45) is 0 Å². The van der Waals surface area contributed by atoms with Gasteiger partial charge in [-0.05, 0) is 37.1 Å². The Balaban J connectivity index is 1.26. The molecule has 0 atom stereocenters. The van der Waals surface area contributed by atoms with Crippen LogP contribution < -0.4 is 15.0 Å². The minimum atomic E-state index is 0.451. The highest BCUT2D eigenvalue weighted by Gasteiger charge is 2.17. The maximum absolute atomic E-state index is 6.51. The number of nitrogens with one attached hydrogen (secondary N) is 1. The zero-order valence-corrected chi connectivity index (χ0v) is 18.1. The third-order valence-electron chi connectivity index (χ3n) is 5.43. The Morgan fingerprint density at radius 2 is 1.88 bits per heavy atom. The maximum Gasteiger partial charge on any atom is 0.226 e. The van der Waals surface area contributed by atoms with E-state index in [1.54, 1.807) is 41.2 Å². The van der Waals surface area contributed by atoms with Gasteiger partial charge in [-0.15, -0.1) is 0 Å². The van der Waals surface area contributed by atoms with Crippen molar-refractivity contribution in [3.8, 4) is 11.5 Å². The molecule has 0 saturated carbocycles. The van der Waals surface area contributed by atoms with E-state index in [0.29, 0.717) is 45.0 Å². The summed E-state index contributed by atoms with van der Waals surface area (Å²) in [7, 11) is 0. The third-order valence-corrected chi connectivity index (χ3v) is 5.72. The smallest absolute Gasteiger partial charge is 0.226 e. The molecule has 11 heteroatoms. The number of benzene rings is 1. The van der Waals surface area contributed by atoms with Crippen molar-refractivity contribution in [3.05, 3.63) is 60.4 Å². The van der Waals surface area contributed by atoms with E-state index in [4.69, 9.17) is 21.3 Å². The molecule has 5 aromatic rings. The fraction of sp³-hybridized carbons (Fsp3) is 0.182. The Kier molecular flexibility index (Phi) is 4.84. The second-order valence-electron chi connectivity index (χ2n) is 7.62. The minimum Gasteiger partial charge on any atom is -0.456 e. The van der Waals surface area contributed by atoms with Crippen molar-refractivity contribution in [2.45, 2.75) is 12.8 Å². The molecule has 1 aliphatic rings. The fourth-order valence-corrected chi connectivity index (χ4v) is 4.01. The molecule has 5 heterocycles. The standard InChI is InChI=1S/C22H18ClN9O/c23-16-9-14(3-4-18(16)33-15-5-8-32-19(10-15)26-13-28-32)29-21-20-17(25-12-27-21)11-24-22(30-20)31-6-1-2-7-31/h3-5,8-13H,1-2,6-7H2,(H,25,27,29). The maximum atomic E-state index is 6.51. The van der Waals surface area contributed by atoms with E-state index in [1.165, 1.54) is 12.7 Å². The summed E-state index contributed by atoms with van der Waals surface area (Å²) in [6, 6.07) is 9.04. The van der Waals surface area contributed by atoms with Crippen molar-refractivity contribution in [1.29, 1.82) is 0 Å². The van der Waals surface area contributed by atoms with Crippen molar-refractivity contribution in [3.63, 3.8) is 0 Å². The quantitative estimate of drug-likeness (QED) is 0.412. The van der Waals surface area contributed by atoms with Gasteiger partial charge in [-0.2, -0.15) is 5.10 Å². The molecule has 0 radical (unpaired) electrons. The van der Waals surface area contributed by atoms with Crippen LogP contribution >= 0.6 is 11.6 Å². The largest absolute Gasteiger partial charge is 0.456 e. The SMILES string of the molecule is Clc1cc(Nc2ncnc3cnc(N4CCCC4)nc23)ccc1Oc1ccn2ncnc2c1. The lowest BCUT2D eigenvalue weighted by Crippen LogP contribution is -2.20. The first kappa shape index (κ1) is 19.6. The average Bonchev–Trinajstić information content (AvgIpc) is 3.53. The van der Waals surface area contributed by atoms with Crippen LogP contribution in [0.25, 0.3) is 16.7 Å². The molecule has 4 aromatic heterocycles. The van der Waals surface area contributed by atoms with Crippen molar-refractivity contribution < 1.29 is 4.74 Å². The van der Waals surface area contributed by atoms with Crippen LogP contribution in [0.1, 0.15) is 12.8 Å². The van der Waals surface area contributed by atoms with Gasteiger partial charge in [0.05, 0.1) is 11.2 Å². The number of pyridine rings is 1. The molecule has 0 unspecified atom stereocenters. The second kappa shape index (κ2) is 8.14. The Hall–Kier alpha value is -4.05. The summed E-state index contributed by atoms with van der Waals surface area (Å²) in [6.45, 7) is 1.92. The highest BCUT2D eigenvalue weighted by atomic mass is 35.5. The average molecular weight is 460 g/mol. The summed E-state index contributed by atoms with van der Waals surface area (Å²) >= 11 is 6.51. The normalized spacial score (nSPS) is 13.7. The van der Waals surface area contributed by atoms with E-state index in [9.17, 15) is 0 Å². The van der Waals surface area contributed by atoms with Crippen LogP contribution in [-0.2, 0) is 0 Å². The van der Waals surface area contributed by atoms with Gasteiger partial charge in [0.1, 0.15) is 35.2 Å². The lowest BCUT2D eigenvalue weighted by molar-refractivity contribution is 0.482. The molecule has 0 spiro atoms. The van der Waals surface area contributed by atoms with Gasteiger partial charge >= 0.3 is 0 Å². The van der Waals surface area contributed by atoms with Gasteiger partial charge in [0, 0.05) is 31.0 Å². The Morgan fingerprint density at radius 1 is 0.970 bits per heavy atom. The number of rotatable bonds is 5. The van der Waals surface area contributed by atoms with Gasteiger partial charge in [-0.25, -0.2) is 29.4 Å². The van der Waals surface area contributed by atoms with E-state index in [-0.39, 0.29) is 0 Å². The number of fused-ring (bicyclic) bond motifs is 2. The summed E-state index contributed by atoms with van der Waals surface area (Å²) in [4.78, 5) is 24.2. The van der Waals surface area contributed by atoms with Gasteiger partial charge < -0.3 is 15.0 Å². The first-order valence-electron chi connectivity index (χ1n) is 10.5. The fourth-order valence-electron chi connectivity index (χ4n) is 3.79. The number of nitrogens with zero attached hydrogens (tertiary/aromatic N) is 8. The topological polar surface area (TPSA) is 106 Å². The Bertz CT molecular complexity index is 1470. The molecule has 10 nitrogen and oxygen atoms in total. The zero-order valence-electron chi connectivity index (χ0n) is 17.4. The van der Waals surface area contributed by atoms with E-state index < -0.39 is 0 Å². The number of hydrogen-bond acceptors (Lipinski definition) is 9. The molecule has 1 N–H and O–H groups in total. The van der Waals surface area contributed by atoms with Crippen LogP contribution in [0.3, 0.4) is 0 Å². The number of aromatic nitrogens is 7. The van der Waals surface area contributed by atoms with Crippen LogP contribution in [0.4, 0.5) is 17.5 Å². The highest BCUT2D eigenvalue weighted by Crippen LogP contribution is 2.33. The van der Waals surface area contributed by atoms with Crippen molar-refractivity contribution >= 4 is 45.7 Å². The molecule has 0 amide bonds. The van der Waals surface area contributed by atoms with Gasteiger partial charge in [0.25, 0.3) is 0 Å². The number of hydrogen-bond donors (Lipinski definition) is 1. The predicted molar refractivity (Wildman–Crippen MR) is 124 cm³/mol. The van der Waals surface area contributed by atoms with Crippen molar-refractivity contribution in [1.82, 2.24) is 34.5 Å². The minimum absolute atomic E-state index is 0.451. The van der Waals surface area contributed by atoms with E-state index in [2.05, 4.69) is 35.3 Å². The lowest BCUT2D eigenvalue weighted by atomic mass is 10.3. The number of anilines is 3. The molecule has 33 heavy (non-hydrogen) atoms. The summed E-state index contributed by atoms with van der Waals surface area (Å²) < 4.78 is 7.60. The van der Waals surface area contributed by atoms with Gasteiger partial charge in [0.15, 0.2) is 11.5 Å². The number of ether oxygens (including phenoxy) is 1. The molecule has 1 aromatic carbocycles. The molecular formula is C22H18ClN9O. The Labute approximate surface area is 193 Å². The first-order valence-corrected chi connectivity index (χ1v) is 10.9. The molecule has 6 rings (SSSR count). The van der Waals surface area contributed by atoms with Crippen molar-refractivity contribution in [2.75, 3.05) is 23.3 Å². The highest BCUT2D eigenvalue weighted by molar-refractivity contribution is 6.32. The monoisotopic (exact) mass is 459 g/mol. The summed E-state index contributed by atoms with van der Waals surface area (Å²) in [5.41, 5.74) is 2.77. The van der Waals surface area contributed by atoms with Crippen LogP contribution in [0.5, 0.6) is 11.5 Å². The Morgan fingerprint density at radius 3 is 2.76 bits per heavy atom. The van der Waals surface area contributed by atoms with Gasteiger partial charge in [0.2, 0.25) is 5.95 Å². The molecule has 1 aliphatic heterocycles. The lowest BCUT2D eigenvalue weighted by Gasteiger charge is -2.16. The van der Waals surface area contributed by atoms with Crippen LogP contribution in [0.2, 0.25) is 5.02 Å². The van der Waals surface area contributed by atoms with Crippen LogP contribution in [-0.4, -0.2) is 47.6 Å². The molecule has 1 saturated heterocycles. The summed E-state index contributed by atoms with van der Waals surface area (Å²) in [5.74, 6) is 2.43.